The molecule has 0 radical (unpaired) electrons. The standard InChI is InChI=1S/C5HF11O/c6-1(3(8,9)10,4(11,12)13)2(7,17)5(14,15)16/h17H. The van der Waals surface area contributed by atoms with Gasteiger partial charge in [0.25, 0.3) is 0 Å². The van der Waals surface area contributed by atoms with Gasteiger partial charge in [-0.25, -0.2) is 4.39 Å². The molecule has 1 nitrogen and oxygen atoms in total. The first-order valence-electron chi connectivity index (χ1n) is 3.30. The van der Waals surface area contributed by atoms with E-state index in [1.807, 2.05) is 0 Å². The molecule has 1 atom stereocenters. The zero-order chi connectivity index (χ0) is 14.5. The molecule has 0 saturated heterocycles. The summed E-state index contributed by atoms with van der Waals surface area (Å²) in [5.41, 5.74) is -7.48. The van der Waals surface area contributed by atoms with Crippen molar-refractivity contribution >= 4 is 0 Å². The van der Waals surface area contributed by atoms with Gasteiger partial charge in [0.05, 0.1) is 0 Å². The highest BCUT2D eigenvalue weighted by Gasteiger charge is 2.89. The molecule has 0 aliphatic carbocycles. The average Bonchev–Trinajstić information content (AvgIpc) is 1.95. The normalized spacial score (nSPS) is 19.1. The summed E-state index contributed by atoms with van der Waals surface area (Å²) in [6.07, 6.45) is -21.8. The number of alkyl halides is 11. The fourth-order valence-corrected chi connectivity index (χ4v) is 0.732. The van der Waals surface area contributed by atoms with Crippen molar-refractivity contribution in [3.8, 4) is 0 Å². The van der Waals surface area contributed by atoms with Crippen molar-refractivity contribution in [2.24, 2.45) is 0 Å². The summed E-state index contributed by atoms with van der Waals surface area (Å²) in [7, 11) is 0. The highest BCUT2D eigenvalue weighted by molar-refractivity contribution is 5.08. The first kappa shape index (κ1) is 16.2. The van der Waals surface area contributed by atoms with Crippen molar-refractivity contribution in [2.45, 2.75) is 30.1 Å². The van der Waals surface area contributed by atoms with E-state index in [2.05, 4.69) is 0 Å². The molecule has 0 aromatic heterocycles. The van der Waals surface area contributed by atoms with E-state index in [1.165, 1.54) is 0 Å². The predicted octanol–water partition coefficient (Wildman–Crippen LogP) is 3.04. The molecule has 0 bridgehead atoms. The number of hydrogen-bond acceptors (Lipinski definition) is 1. The lowest BCUT2D eigenvalue weighted by Gasteiger charge is -2.38. The van der Waals surface area contributed by atoms with Gasteiger partial charge < -0.3 is 5.11 Å². The van der Waals surface area contributed by atoms with Gasteiger partial charge in [0.2, 0.25) is 0 Å². The zero-order valence-electron chi connectivity index (χ0n) is 7.10. The minimum atomic E-state index is -7.48. The second-order valence-corrected chi connectivity index (χ2v) is 2.77. The Morgan fingerprint density at radius 3 is 0.765 bits per heavy atom. The lowest BCUT2D eigenvalue weighted by Crippen LogP contribution is -2.71. The number of rotatable bonds is 1. The van der Waals surface area contributed by atoms with Gasteiger partial charge in [-0.05, 0) is 0 Å². The van der Waals surface area contributed by atoms with Crippen molar-refractivity contribution in [3.05, 3.63) is 0 Å². The molecule has 12 heteroatoms. The molecule has 0 aromatic rings. The Labute approximate surface area is 84.8 Å². The van der Waals surface area contributed by atoms with Gasteiger partial charge in [-0.3, -0.25) is 0 Å². The number of halogens is 11. The second-order valence-electron chi connectivity index (χ2n) is 2.77. The molecule has 104 valence electrons. The van der Waals surface area contributed by atoms with Gasteiger partial charge in [-0.1, -0.05) is 0 Å². The van der Waals surface area contributed by atoms with Crippen LogP contribution in [0.5, 0.6) is 0 Å². The monoisotopic (exact) mass is 286 g/mol. The SMILES string of the molecule is OC(F)(C(F)(F)F)C(F)(C(F)(F)F)C(F)(F)F. The third-order valence-corrected chi connectivity index (χ3v) is 1.61. The van der Waals surface area contributed by atoms with E-state index in [0.717, 1.165) is 0 Å². The Morgan fingerprint density at radius 1 is 0.471 bits per heavy atom. The first-order valence-corrected chi connectivity index (χ1v) is 3.30. The third kappa shape index (κ3) is 2.13. The van der Waals surface area contributed by atoms with E-state index in [1.54, 1.807) is 0 Å². The van der Waals surface area contributed by atoms with Gasteiger partial charge in [-0.2, -0.15) is 43.9 Å². The average molecular weight is 286 g/mol. The molecule has 0 fully saturated rings. The van der Waals surface area contributed by atoms with Gasteiger partial charge in [-0.15, -0.1) is 0 Å². The van der Waals surface area contributed by atoms with Crippen molar-refractivity contribution in [1.82, 2.24) is 0 Å². The summed E-state index contributed by atoms with van der Waals surface area (Å²) in [5.74, 6) is -7.16. The molecule has 17 heavy (non-hydrogen) atoms. The van der Waals surface area contributed by atoms with Gasteiger partial charge >= 0.3 is 30.1 Å². The molecule has 0 amide bonds. The largest absolute Gasteiger partial charge is 0.452 e. The third-order valence-electron chi connectivity index (χ3n) is 1.61. The van der Waals surface area contributed by atoms with E-state index in [-0.39, 0.29) is 0 Å². The molecular formula is C5HF11O. The molecule has 0 aromatic carbocycles. The molecule has 1 N–H and O–H groups in total. The number of aliphatic hydroxyl groups is 1. The van der Waals surface area contributed by atoms with Crippen LogP contribution in [0.25, 0.3) is 0 Å². The summed E-state index contributed by atoms with van der Waals surface area (Å²) in [6, 6.07) is 0. The van der Waals surface area contributed by atoms with E-state index >= 15 is 0 Å². The van der Waals surface area contributed by atoms with Crippen molar-refractivity contribution < 1.29 is 53.4 Å². The molecule has 0 saturated carbocycles. The van der Waals surface area contributed by atoms with Crippen molar-refractivity contribution in [2.75, 3.05) is 0 Å². The van der Waals surface area contributed by atoms with Crippen LogP contribution in [0.15, 0.2) is 0 Å². The van der Waals surface area contributed by atoms with Crippen LogP contribution in [0.3, 0.4) is 0 Å². The van der Waals surface area contributed by atoms with E-state index in [9.17, 15) is 48.3 Å². The molecule has 0 aliphatic rings. The predicted molar refractivity (Wildman–Crippen MR) is 28.1 cm³/mol. The van der Waals surface area contributed by atoms with Crippen LogP contribution in [0.2, 0.25) is 0 Å². The van der Waals surface area contributed by atoms with Crippen LogP contribution >= 0.6 is 0 Å². The maximum Gasteiger partial charge on any atom is 0.452 e. The highest BCUT2D eigenvalue weighted by atomic mass is 19.4. The summed E-state index contributed by atoms with van der Waals surface area (Å²) in [5, 5.41) is 7.63. The summed E-state index contributed by atoms with van der Waals surface area (Å²) >= 11 is 0. The fourth-order valence-electron chi connectivity index (χ4n) is 0.732. The zero-order valence-corrected chi connectivity index (χ0v) is 7.10. The maximum atomic E-state index is 12.5. The Morgan fingerprint density at radius 2 is 0.706 bits per heavy atom. The lowest BCUT2D eigenvalue weighted by atomic mass is 9.94. The van der Waals surface area contributed by atoms with Gasteiger partial charge in [0.15, 0.2) is 0 Å². The molecule has 0 heterocycles. The van der Waals surface area contributed by atoms with Crippen LogP contribution in [0, 0.1) is 0 Å². The Hall–Kier alpha value is -0.810. The quantitative estimate of drug-likeness (QED) is 0.735. The van der Waals surface area contributed by atoms with E-state index in [0.29, 0.717) is 0 Å². The topological polar surface area (TPSA) is 20.2 Å². The minimum Gasteiger partial charge on any atom is -0.352 e. The van der Waals surface area contributed by atoms with Crippen LogP contribution in [0.1, 0.15) is 0 Å². The van der Waals surface area contributed by atoms with E-state index < -0.39 is 30.1 Å². The first-order chi connectivity index (χ1) is 7.00. The molecular weight excluding hydrogens is 285 g/mol. The molecule has 0 spiro atoms. The van der Waals surface area contributed by atoms with Gasteiger partial charge in [0, 0.05) is 0 Å². The smallest absolute Gasteiger partial charge is 0.352 e. The fraction of sp³-hybridized carbons (Fsp3) is 1.00. The lowest BCUT2D eigenvalue weighted by molar-refractivity contribution is -0.461. The van der Waals surface area contributed by atoms with Crippen LogP contribution in [-0.4, -0.2) is 35.2 Å². The van der Waals surface area contributed by atoms with Crippen molar-refractivity contribution in [3.63, 3.8) is 0 Å². The second kappa shape index (κ2) is 3.59. The summed E-state index contributed by atoms with van der Waals surface area (Å²) in [4.78, 5) is 0. The number of hydrogen-bond donors (Lipinski definition) is 1. The summed E-state index contributed by atoms with van der Waals surface area (Å²) < 4.78 is 129. The van der Waals surface area contributed by atoms with Crippen molar-refractivity contribution in [1.29, 1.82) is 0 Å². The summed E-state index contributed by atoms with van der Waals surface area (Å²) in [6.45, 7) is 0. The van der Waals surface area contributed by atoms with Gasteiger partial charge in [0.1, 0.15) is 0 Å². The van der Waals surface area contributed by atoms with Crippen LogP contribution in [-0.2, 0) is 0 Å². The van der Waals surface area contributed by atoms with Crippen LogP contribution in [0.4, 0.5) is 48.3 Å². The highest BCUT2D eigenvalue weighted by Crippen LogP contribution is 2.57. The molecule has 0 aliphatic heterocycles. The Balaban J connectivity index is 6.04. The van der Waals surface area contributed by atoms with E-state index in [4.69, 9.17) is 5.11 Å². The molecule has 1 unspecified atom stereocenters. The maximum absolute atomic E-state index is 12.5. The Bertz CT molecular complexity index is 266. The molecule has 0 rings (SSSR count). The van der Waals surface area contributed by atoms with Crippen LogP contribution < -0.4 is 0 Å². The minimum absolute atomic E-state index is 7.13. The Kier molecular flexibility index (Phi) is 3.42.